The van der Waals surface area contributed by atoms with Crippen LogP contribution in [-0.4, -0.2) is 18.5 Å². The van der Waals surface area contributed by atoms with Crippen LogP contribution in [-0.2, 0) is 4.79 Å². The number of carbonyl (C=O) groups is 1. The minimum atomic E-state index is 0.257. The van der Waals surface area contributed by atoms with Crippen LogP contribution < -0.4 is 11.1 Å². The number of nitrogens with one attached hydrogen (secondary N) is 1. The number of amides is 1. The lowest BCUT2D eigenvalue weighted by molar-refractivity contribution is -0.123. The first-order chi connectivity index (χ1) is 9.41. The maximum atomic E-state index is 12.1. The van der Waals surface area contributed by atoms with Gasteiger partial charge in [0, 0.05) is 12.5 Å². The molecule has 2 fully saturated rings. The molecule has 20 heavy (non-hydrogen) atoms. The Labute approximate surface area is 124 Å². The molecule has 2 saturated carbocycles. The summed E-state index contributed by atoms with van der Waals surface area (Å²) >= 11 is 0. The largest absolute Gasteiger partial charge is 0.353 e. The summed E-state index contributed by atoms with van der Waals surface area (Å²) in [7, 11) is 0. The Morgan fingerprint density at radius 3 is 2.45 bits per heavy atom. The van der Waals surface area contributed by atoms with Crippen LogP contribution >= 0.6 is 0 Å². The van der Waals surface area contributed by atoms with Crippen molar-refractivity contribution in [3.8, 4) is 0 Å². The van der Waals surface area contributed by atoms with Crippen LogP contribution in [0.3, 0.4) is 0 Å². The molecular formula is C17H32N2O. The molecule has 3 N–H and O–H groups in total. The van der Waals surface area contributed by atoms with Crippen LogP contribution in [0.1, 0.15) is 72.1 Å². The van der Waals surface area contributed by atoms with Crippen LogP contribution in [0.25, 0.3) is 0 Å². The molecule has 1 amide bonds. The lowest BCUT2D eigenvalue weighted by atomic mass is 9.69. The molecule has 2 rings (SSSR count). The normalized spacial score (nSPS) is 34.4. The molecule has 0 aromatic carbocycles. The van der Waals surface area contributed by atoms with E-state index < -0.39 is 0 Å². The molecule has 116 valence electrons. The second-order valence-corrected chi connectivity index (χ2v) is 7.68. The highest BCUT2D eigenvalue weighted by Gasteiger charge is 2.61. The molecule has 0 aromatic heterocycles. The summed E-state index contributed by atoms with van der Waals surface area (Å²) in [6.45, 7) is 7.93. The van der Waals surface area contributed by atoms with E-state index >= 15 is 0 Å². The van der Waals surface area contributed by atoms with Gasteiger partial charge in [0.05, 0.1) is 0 Å². The Kier molecular flexibility index (Phi) is 4.78. The minimum Gasteiger partial charge on any atom is -0.353 e. The molecule has 0 spiro atoms. The summed E-state index contributed by atoms with van der Waals surface area (Å²) in [5.74, 6) is 1.05. The first-order valence-electron chi connectivity index (χ1n) is 8.41. The molecule has 3 unspecified atom stereocenters. The van der Waals surface area contributed by atoms with Crippen molar-refractivity contribution in [1.82, 2.24) is 5.32 Å². The Morgan fingerprint density at radius 1 is 1.20 bits per heavy atom. The zero-order valence-electron chi connectivity index (χ0n) is 13.5. The van der Waals surface area contributed by atoms with Crippen molar-refractivity contribution < 1.29 is 4.79 Å². The van der Waals surface area contributed by atoms with Gasteiger partial charge >= 0.3 is 0 Å². The van der Waals surface area contributed by atoms with Gasteiger partial charge in [0.25, 0.3) is 0 Å². The topological polar surface area (TPSA) is 55.1 Å². The van der Waals surface area contributed by atoms with Crippen LogP contribution in [0.4, 0.5) is 0 Å². The first kappa shape index (κ1) is 15.8. The number of rotatable bonds is 7. The van der Waals surface area contributed by atoms with E-state index in [4.69, 9.17) is 5.73 Å². The number of hydrogen-bond donors (Lipinski definition) is 2. The van der Waals surface area contributed by atoms with E-state index in [1.54, 1.807) is 0 Å². The Bertz CT molecular complexity index is 353. The zero-order valence-corrected chi connectivity index (χ0v) is 13.5. The van der Waals surface area contributed by atoms with E-state index in [9.17, 15) is 4.79 Å². The molecule has 0 heterocycles. The molecule has 2 aliphatic rings. The third-order valence-electron chi connectivity index (χ3n) is 6.49. The quantitative estimate of drug-likeness (QED) is 0.703. The average Bonchev–Trinajstić information content (AvgIpc) is 2.71. The third kappa shape index (κ3) is 2.74. The maximum Gasteiger partial charge on any atom is 0.220 e. The minimum absolute atomic E-state index is 0.257. The highest BCUT2D eigenvalue weighted by molar-refractivity contribution is 5.76. The molecule has 0 radical (unpaired) electrons. The summed E-state index contributed by atoms with van der Waals surface area (Å²) in [4.78, 5) is 12.1. The lowest BCUT2D eigenvalue weighted by Gasteiger charge is -2.39. The van der Waals surface area contributed by atoms with E-state index in [1.807, 2.05) is 0 Å². The highest BCUT2D eigenvalue weighted by atomic mass is 16.1. The fourth-order valence-electron chi connectivity index (χ4n) is 4.47. The Hall–Kier alpha value is -0.570. The van der Waals surface area contributed by atoms with Crippen molar-refractivity contribution >= 4 is 5.91 Å². The standard InChI is InChI=1S/C17H32N2O/c1-16(2)13-9-10-17(16,3)14(12-13)19-15(20)8-6-4-5-7-11-18/h13-14H,4-12,18H2,1-3H3,(H,19,20). The van der Waals surface area contributed by atoms with Crippen LogP contribution in [0.2, 0.25) is 0 Å². The second-order valence-electron chi connectivity index (χ2n) is 7.68. The van der Waals surface area contributed by atoms with Crippen LogP contribution in [0, 0.1) is 16.7 Å². The predicted octanol–water partition coefficient (Wildman–Crippen LogP) is 3.23. The van der Waals surface area contributed by atoms with Crippen LogP contribution in [0.5, 0.6) is 0 Å². The molecule has 2 aliphatic carbocycles. The van der Waals surface area contributed by atoms with Gasteiger partial charge in [0.15, 0.2) is 0 Å². The van der Waals surface area contributed by atoms with Gasteiger partial charge in [0.2, 0.25) is 5.91 Å². The van der Waals surface area contributed by atoms with Gasteiger partial charge in [-0.25, -0.2) is 0 Å². The fraction of sp³-hybridized carbons (Fsp3) is 0.941. The van der Waals surface area contributed by atoms with Crippen molar-refractivity contribution in [3.05, 3.63) is 0 Å². The van der Waals surface area contributed by atoms with Crippen molar-refractivity contribution in [2.75, 3.05) is 6.54 Å². The van der Waals surface area contributed by atoms with E-state index in [0.717, 1.165) is 38.1 Å². The van der Waals surface area contributed by atoms with Gasteiger partial charge in [-0.1, -0.05) is 33.6 Å². The predicted molar refractivity (Wildman–Crippen MR) is 83.3 cm³/mol. The second kappa shape index (κ2) is 6.05. The Balaban J connectivity index is 1.76. The van der Waals surface area contributed by atoms with Gasteiger partial charge in [-0.05, 0) is 55.4 Å². The van der Waals surface area contributed by atoms with E-state index in [-0.39, 0.29) is 5.91 Å². The van der Waals surface area contributed by atoms with Gasteiger partial charge in [-0.2, -0.15) is 0 Å². The van der Waals surface area contributed by atoms with Crippen molar-refractivity contribution in [3.63, 3.8) is 0 Å². The zero-order chi connectivity index (χ0) is 14.8. The number of unbranched alkanes of at least 4 members (excludes halogenated alkanes) is 3. The number of fused-ring (bicyclic) bond motifs is 2. The maximum absolute atomic E-state index is 12.1. The van der Waals surface area contributed by atoms with E-state index in [2.05, 4.69) is 26.1 Å². The molecule has 0 aromatic rings. The number of carbonyl (C=O) groups excluding carboxylic acids is 1. The summed E-state index contributed by atoms with van der Waals surface area (Å²) in [6, 6.07) is 0.396. The fourth-order valence-corrected chi connectivity index (χ4v) is 4.47. The van der Waals surface area contributed by atoms with E-state index in [1.165, 1.54) is 19.3 Å². The average molecular weight is 280 g/mol. The van der Waals surface area contributed by atoms with Crippen molar-refractivity contribution in [1.29, 1.82) is 0 Å². The lowest BCUT2D eigenvalue weighted by Crippen LogP contribution is -2.46. The van der Waals surface area contributed by atoms with Gasteiger partial charge < -0.3 is 11.1 Å². The van der Waals surface area contributed by atoms with Crippen LogP contribution in [0.15, 0.2) is 0 Å². The molecule has 0 saturated heterocycles. The molecular weight excluding hydrogens is 248 g/mol. The van der Waals surface area contributed by atoms with E-state index in [0.29, 0.717) is 23.3 Å². The number of nitrogens with two attached hydrogens (primary N) is 1. The summed E-state index contributed by atoms with van der Waals surface area (Å²) in [5, 5.41) is 3.33. The smallest absolute Gasteiger partial charge is 0.220 e. The SMILES string of the molecule is CC1(C)C2CCC1(C)C(NC(=O)CCCCCCN)C2. The Morgan fingerprint density at radius 2 is 1.90 bits per heavy atom. The van der Waals surface area contributed by atoms with Gasteiger partial charge in [-0.3, -0.25) is 4.79 Å². The summed E-state index contributed by atoms with van der Waals surface area (Å²) < 4.78 is 0. The molecule has 0 aliphatic heterocycles. The highest BCUT2D eigenvalue weighted by Crippen LogP contribution is 2.65. The third-order valence-corrected chi connectivity index (χ3v) is 6.49. The summed E-state index contributed by atoms with van der Waals surface area (Å²) in [6.07, 6.45) is 8.84. The first-order valence-corrected chi connectivity index (χ1v) is 8.41. The van der Waals surface area contributed by atoms with Crippen molar-refractivity contribution in [2.24, 2.45) is 22.5 Å². The van der Waals surface area contributed by atoms with Crippen molar-refractivity contribution in [2.45, 2.75) is 78.2 Å². The molecule has 2 bridgehead atoms. The molecule has 3 nitrogen and oxygen atoms in total. The number of hydrogen-bond acceptors (Lipinski definition) is 2. The summed E-state index contributed by atoms with van der Waals surface area (Å²) in [5.41, 5.74) is 6.15. The van der Waals surface area contributed by atoms with Gasteiger partial charge in [0.1, 0.15) is 0 Å². The molecule has 3 atom stereocenters. The monoisotopic (exact) mass is 280 g/mol. The molecule has 3 heteroatoms. The van der Waals surface area contributed by atoms with Gasteiger partial charge in [-0.15, -0.1) is 0 Å².